The first-order chi connectivity index (χ1) is 7.15. The van der Waals surface area contributed by atoms with Crippen LogP contribution >= 0.6 is 15.9 Å². The van der Waals surface area contributed by atoms with E-state index < -0.39 is 5.97 Å². The highest BCUT2D eigenvalue weighted by molar-refractivity contribution is 9.10. The van der Waals surface area contributed by atoms with Crippen molar-refractivity contribution in [3.05, 3.63) is 27.7 Å². The van der Waals surface area contributed by atoms with Gasteiger partial charge < -0.3 is 9.47 Å². The SMILES string of the molecule is COC(=O)c1c(Br)ccc(OC)c1C#N. The highest BCUT2D eigenvalue weighted by Gasteiger charge is 2.19. The van der Waals surface area contributed by atoms with Crippen LogP contribution in [0.5, 0.6) is 5.75 Å². The summed E-state index contributed by atoms with van der Waals surface area (Å²) in [5, 5.41) is 8.94. The van der Waals surface area contributed by atoms with Crippen molar-refractivity contribution in [2.24, 2.45) is 0 Å². The predicted octanol–water partition coefficient (Wildman–Crippen LogP) is 2.12. The number of hydrogen-bond acceptors (Lipinski definition) is 4. The molecule has 0 N–H and O–H groups in total. The number of hydrogen-bond donors (Lipinski definition) is 0. The Morgan fingerprint density at radius 2 is 2.13 bits per heavy atom. The van der Waals surface area contributed by atoms with Crippen molar-refractivity contribution in [1.82, 2.24) is 0 Å². The number of rotatable bonds is 2. The van der Waals surface area contributed by atoms with Crippen molar-refractivity contribution in [3.8, 4) is 11.8 Å². The molecular weight excluding hydrogens is 262 g/mol. The number of carbonyl (C=O) groups excluding carboxylic acids is 1. The zero-order valence-corrected chi connectivity index (χ0v) is 9.79. The zero-order valence-electron chi connectivity index (χ0n) is 8.20. The summed E-state index contributed by atoms with van der Waals surface area (Å²) >= 11 is 3.19. The van der Waals surface area contributed by atoms with E-state index in [9.17, 15) is 4.79 Å². The third-order valence-electron chi connectivity index (χ3n) is 1.84. The van der Waals surface area contributed by atoms with Crippen LogP contribution in [0.4, 0.5) is 0 Å². The molecule has 5 heteroatoms. The van der Waals surface area contributed by atoms with Crippen LogP contribution in [0, 0.1) is 11.3 Å². The summed E-state index contributed by atoms with van der Waals surface area (Å²) in [6.07, 6.45) is 0. The van der Waals surface area contributed by atoms with Crippen LogP contribution in [-0.4, -0.2) is 20.2 Å². The van der Waals surface area contributed by atoms with E-state index in [1.54, 1.807) is 12.1 Å². The summed E-state index contributed by atoms with van der Waals surface area (Å²) in [5.74, 6) is -0.224. The fourth-order valence-electron chi connectivity index (χ4n) is 1.14. The second-order valence-electron chi connectivity index (χ2n) is 2.60. The van der Waals surface area contributed by atoms with E-state index >= 15 is 0 Å². The third-order valence-corrected chi connectivity index (χ3v) is 2.50. The molecular formula is C10H8BrNO3. The quantitative estimate of drug-likeness (QED) is 0.772. The minimum absolute atomic E-state index is 0.165. The number of halogens is 1. The molecule has 0 spiro atoms. The van der Waals surface area contributed by atoms with E-state index in [0.29, 0.717) is 10.2 Å². The van der Waals surface area contributed by atoms with Gasteiger partial charge in [-0.15, -0.1) is 0 Å². The summed E-state index contributed by atoms with van der Waals surface area (Å²) in [5.41, 5.74) is 0.345. The van der Waals surface area contributed by atoms with E-state index in [-0.39, 0.29) is 11.1 Å². The molecule has 1 aromatic carbocycles. The molecule has 0 bridgehead atoms. The molecule has 0 saturated carbocycles. The molecule has 1 aromatic rings. The average Bonchev–Trinajstić information content (AvgIpc) is 2.27. The molecule has 0 aliphatic rings. The lowest BCUT2D eigenvalue weighted by molar-refractivity contribution is 0.0599. The largest absolute Gasteiger partial charge is 0.495 e. The topological polar surface area (TPSA) is 59.3 Å². The molecule has 1 rings (SSSR count). The Bertz CT molecular complexity index is 437. The van der Waals surface area contributed by atoms with Crippen molar-refractivity contribution >= 4 is 21.9 Å². The molecule has 4 nitrogen and oxygen atoms in total. The Labute approximate surface area is 95.5 Å². The molecule has 0 aromatic heterocycles. The molecule has 0 atom stereocenters. The minimum Gasteiger partial charge on any atom is -0.495 e. The van der Waals surface area contributed by atoms with Crippen molar-refractivity contribution in [2.75, 3.05) is 14.2 Å². The van der Waals surface area contributed by atoms with Gasteiger partial charge in [-0.05, 0) is 28.1 Å². The van der Waals surface area contributed by atoms with E-state index in [1.807, 2.05) is 6.07 Å². The maximum atomic E-state index is 11.4. The lowest BCUT2D eigenvalue weighted by atomic mass is 10.1. The van der Waals surface area contributed by atoms with Crippen LogP contribution in [0.3, 0.4) is 0 Å². The normalized spacial score (nSPS) is 9.20. The van der Waals surface area contributed by atoms with Crippen molar-refractivity contribution in [2.45, 2.75) is 0 Å². The third kappa shape index (κ3) is 2.10. The monoisotopic (exact) mass is 269 g/mol. The lowest BCUT2D eigenvalue weighted by Gasteiger charge is -2.08. The summed E-state index contributed by atoms with van der Waals surface area (Å²) in [7, 11) is 2.69. The number of ether oxygens (including phenoxy) is 2. The highest BCUT2D eigenvalue weighted by atomic mass is 79.9. The standard InChI is InChI=1S/C10H8BrNO3/c1-14-8-4-3-7(11)9(6(8)5-12)10(13)15-2/h3-4H,1-2H3. The molecule has 0 radical (unpaired) electrons. The Hall–Kier alpha value is -1.54. The molecule has 0 fully saturated rings. The molecule has 0 aliphatic heterocycles. The van der Waals surface area contributed by atoms with Gasteiger partial charge in [0.05, 0.1) is 19.8 Å². The van der Waals surface area contributed by atoms with Crippen LogP contribution in [0.25, 0.3) is 0 Å². The van der Waals surface area contributed by atoms with E-state index in [2.05, 4.69) is 20.7 Å². The average molecular weight is 270 g/mol. The molecule has 78 valence electrons. The Morgan fingerprint density at radius 1 is 1.47 bits per heavy atom. The van der Waals surface area contributed by atoms with Gasteiger partial charge in [0.25, 0.3) is 0 Å². The number of methoxy groups -OCH3 is 2. The second kappa shape index (κ2) is 4.80. The van der Waals surface area contributed by atoms with Gasteiger partial charge in [-0.1, -0.05) is 0 Å². The van der Waals surface area contributed by atoms with Crippen LogP contribution in [-0.2, 0) is 4.74 Å². The maximum absolute atomic E-state index is 11.4. The molecule has 0 heterocycles. The predicted molar refractivity (Wildman–Crippen MR) is 56.7 cm³/mol. The van der Waals surface area contributed by atoms with Gasteiger partial charge in [0.2, 0.25) is 0 Å². The van der Waals surface area contributed by atoms with Gasteiger partial charge in [0, 0.05) is 4.47 Å². The first kappa shape index (κ1) is 11.5. The Balaban J connectivity index is 3.47. The van der Waals surface area contributed by atoms with Crippen molar-refractivity contribution in [3.63, 3.8) is 0 Å². The summed E-state index contributed by atoms with van der Waals surface area (Å²) < 4.78 is 10.1. The van der Waals surface area contributed by atoms with Gasteiger partial charge in [-0.3, -0.25) is 0 Å². The van der Waals surface area contributed by atoms with Gasteiger partial charge >= 0.3 is 5.97 Å². The Morgan fingerprint density at radius 3 is 2.60 bits per heavy atom. The van der Waals surface area contributed by atoms with Crippen LogP contribution in [0.1, 0.15) is 15.9 Å². The van der Waals surface area contributed by atoms with Crippen molar-refractivity contribution in [1.29, 1.82) is 5.26 Å². The van der Waals surface area contributed by atoms with Gasteiger partial charge in [0.1, 0.15) is 17.4 Å². The van der Waals surface area contributed by atoms with Crippen LogP contribution < -0.4 is 4.74 Å². The molecule has 0 aliphatic carbocycles. The van der Waals surface area contributed by atoms with Crippen LogP contribution in [0.15, 0.2) is 16.6 Å². The fraction of sp³-hybridized carbons (Fsp3) is 0.200. The van der Waals surface area contributed by atoms with Gasteiger partial charge in [0.15, 0.2) is 0 Å². The number of carbonyl (C=O) groups is 1. The zero-order chi connectivity index (χ0) is 11.4. The van der Waals surface area contributed by atoms with Gasteiger partial charge in [-0.25, -0.2) is 4.79 Å². The van der Waals surface area contributed by atoms with E-state index in [0.717, 1.165) is 0 Å². The summed E-state index contributed by atoms with van der Waals surface area (Å²) in [6.45, 7) is 0. The molecule has 0 saturated heterocycles. The summed E-state index contributed by atoms with van der Waals surface area (Å²) in [4.78, 5) is 11.4. The maximum Gasteiger partial charge on any atom is 0.340 e. The number of esters is 1. The van der Waals surface area contributed by atoms with Crippen molar-refractivity contribution < 1.29 is 14.3 Å². The van der Waals surface area contributed by atoms with Gasteiger partial charge in [-0.2, -0.15) is 5.26 Å². The molecule has 0 amide bonds. The highest BCUT2D eigenvalue weighted by Crippen LogP contribution is 2.28. The smallest absolute Gasteiger partial charge is 0.340 e. The molecule has 15 heavy (non-hydrogen) atoms. The molecule has 0 unspecified atom stereocenters. The number of benzene rings is 1. The number of nitrogens with zero attached hydrogens (tertiary/aromatic N) is 1. The fourth-order valence-corrected chi connectivity index (χ4v) is 1.63. The lowest BCUT2D eigenvalue weighted by Crippen LogP contribution is -2.06. The minimum atomic E-state index is -0.572. The van der Waals surface area contributed by atoms with E-state index in [1.165, 1.54) is 14.2 Å². The number of nitriles is 1. The van der Waals surface area contributed by atoms with E-state index in [4.69, 9.17) is 10.00 Å². The second-order valence-corrected chi connectivity index (χ2v) is 3.46. The first-order valence-corrected chi connectivity index (χ1v) is 4.80. The first-order valence-electron chi connectivity index (χ1n) is 4.00. The summed E-state index contributed by atoms with van der Waals surface area (Å²) in [6, 6.07) is 5.15. The Kier molecular flexibility index (Phi) is 3.69. The van der Waals surface area contributed by atoms with Crippen LogP contribution in [0.2, 0.25) is 0 Å².